The summed E-state index contributed by atoms with van der Waals surface area (Å²) < 4.78 is 2.81. The molecule has 3 heterocycles. The molecule has 1 saturated heterocycles. The van der Waals surface area contributed by atoms with Crippen LogP contribution in [0.15, 0.2) is 36.9 Å². The number of hydrogen-bond donors (Lipinski definition) is 0. The number of carbonyl (C=O) groups is 1. The standard InChI is InChI=1S/C16H17N5OS/c22-15(9-21-11-17-10-18-21)20-7-5-12(6-8-20)16-19-13-3-1-2-4-14(13)23-16/h1-4,10-12H,5-9H2. The van der Waals surface area contributed by atoms with Crippen molar-refractivity contribution in [1.29, 1.82) is 0 Å². The molecule has 1 fully saturated rings. The zero-order chi connectivity index (χ0) is 15.6. The minimum Gasteiger partial charge on any atom is -0.341 e. The number of rotatable bonds is 3. The fourth-order valence-corrected chi connectivity index (χ4v) is 4.13. The summed E-state index contributed by atoms with van der Waals surface area (Å²) in [6.07, 6.45) is 4.98. The molecule has 0 unspecified atom stereocenters. The fraction of sp³-hybridized carbons (Fsp3) is 0.375. The summed E-state index contributed by atoms with van der Waals surface area (Å²) in [5.74, 6) is 0.570. The van der Waals surface area contributed by atoms with Crippen molar-refractivity contribution in [3.8, 4) is 0 Å². The summed E-state index contributed by atoms with van der Waals surface area (Å²) in [5.41, 5.74) is 1.08. The summed E-state index contributed by atoms with van der Waals surface area (Å²) in [5, 5.41) is 5.19. The molecule has 7 heteroatoms. The minimum atomic E-state index is 0.109. The highest BCUT2D eigenvalue weighted by molar-refractivity contribution is 7.18. The molecule has 118 valence electrons. The van der Waals surface area contributed by atoms with E-state index in [1.54, 1.807) is 22.3 Å². The Bertz CT molecular complexity index is 772. The van der Waals surface area contributed by atoms with Crippen molar-refractivity contribution in [1.82, 2.24) is 24.6 Å². The van der Waals surface area contributed by atoms with Crippen LogP contribution < -0.4 is 0 Å². The van der Waals surface area contributed by atoms with Crippen LogP contribution in [0, 0.1) is 0 Å². The number of amides is 1. The maximum absolute atomic E-state index is 12.3. The molecule has 1 aromatic carbocycles. The van der Waals surface area contributed by atoms with E-state index in [1.807, 2.05) is 11.0 Å². The molecule has 0 spiro atoms. The van der Waals surface area contributed by atoms with E-state index in [2.05, 4.69) is 28.3 Å². The molecule has 0 bridgehead atoms. The van der Waals surface area contributed by atoms with E-state index in [1.165, 1.54) is 16.0 Å². The first-order valence-electron chi connectivity index (χ1n) is 7.75. The Morgan fingerprint density at radius 1 is 1.26 bits per heavy atom. The normalized spacial score (nSPS) is 16.1. The highest BCUT2D eigenvalue weighted by atomic mass is 32.1. The molecule has 4 rings (SSSR count). The molecule has 0 radical (unpaired) electrons. The van der Waals surface area contributed by atoms with E-state index >= 15 is 0 Å². The number of likely N-dealkylation sites (tertiary alicyclic amines) is 1. The lowest BCUT2D eigenvalue weighted by Gasteiger charge is -2.31. The first-order chi connectivity index (χ1) is 11.3. The van der Waals surface area contributed by atoms with Crippen LogP contribution in [0.2, 0.25) is 0 Å². The van der Waals surface area contributed by atoms with Crippen molar-refractivity contribution >= 4 is 27.5 Å². The minimum absolute atomic E-state index is 0.109. The Balaban J connectivity index is 1.39. The third-order valence-corrected chi connectivity index (χ3v) is 5.47. The van der Waals surface area contributed by atoms with Crippen LogP contribution in [0.4, 0.5) is 0 Å². The van der Waals surface area contributed by atoms with Gasteiger partial charge in [0.05, 0.1) is 15.2 Å². The molecule has 23 heavy (non-hydrogen) atoms. The largest absolute Gasteiger partial charge is 0.341 e. The van der Waals surface area contributed by atoms with E-state index in [4.69, 9.17) is 4.98 Å². The molecule has 2 aromatic heterocycles. The molecule has 6 nitrogen and oxygen atoms in total. The molecule has 1 aliphatic heterocycles. The third kappa shape index (κ3) is 2.96. The second kappa shape index (κ2) is 6.08. The Morgan fingerprint density at radius 2 is 2.09 bits per heavy atom. The highest BCUT2D eigenvalue weighted by Crippen LogP contribution is 2.33. The van der Waals surface area contributed by atoms with Crippen molar-refractivity contribution in [3.05, 3.63) is 41.9 Å². The van der Waals surface area contributed by atoms with Crippen LogP contribution >= 0.6 is 11.3 Å². The molecule has 1 aliphatic rings. The van der Waals surface area contributed by atoms with Gasteiger partial charge in [-0.25, -0.2) is 14.6 Å². The smallest absolute Gasteiger partial charge is 0.244 e. The Hall–Kier alpha value is -2.28. The molecular weight excluding hydrogens is 310 g/mol. The van der Waals surface area contributed by atoms with Crippen LogP contribution in [0.3, 0.4) is 0 Å². The first-order valence-corrected chi connectivity index (χ1v) is 8.57. The number of thiazole rings is 1. The van der Waals surface area contributed by atoms with Crippen molar-refractivity contribution < 1.29 is 4.79 Å². The summed E-state index contributed by atoms with van der Waals surface area (Å²) in [4.78, 5) is 22.8. The van der Waals surface area contributed by atoms with E-state index in [0.717, 1.165) is 31.4 Å². The quantitative estimate of drug-likeness (QED) is 0.740. The summed E-state index contributed by atoms with van der Waals surface area (Å²) >= 11 is 1.78. The van der Waals surface area contributed by atoms with Gasteiger partial charge in [0.15, 0.2) is 0 Å². The van der Waals surface area contributed by atoms with Crippen molar-refractivity contribution in [2.75, 3.05) is 13.1 Å². The van der Waals surface area contributed by atoms with E-state index < -0.39 is 0 Å². The second-order valence-corrected chi connectivity index (χ2v) is 6.83. The van der Waals surface area contributed by atoms with Gasteiger partial charge in [0.25, 0.3) is 0 Å². The van der Waals surface area contributed by atoms with Gasteiger partial charge in [-0.1, -0.05) is 12.1 Å². The lowest BCUT2D eigenvalue weighted by molar-refractivity contribution is -0.133. The van der Waals surface area contributed by atoms with Crippen LogP contribution in [0.5, 0.6) is 0 Å². The van der Waals surface area contributed by atoms with Crippen molar-refractivity contribution in [2.24, 2.45) is 0 Å². The van der Waals surface area contributed by atoms with Gasteiger partial charge in [0.1, 0.15) is 19.2 Å². The summed E-state index contributed by atoms with van der Waals surface area (Å²) in [7, 11) is 0. The van der Waals surface area contributed by atoms with E-state index in [-0.39, 0.29) is 12.5 Å². The maximum atomic E-state index is 12.3. The number of fused-ring (bicyclic) bond motifs is 1. The first kappa shape index (κ1) is 14.3. The third-order valence-electron chi connectivity index (χ3n) is 4.27. The van der Waals surface area contributed by atoms with Crippen LogP contribution in [-0.2, 0) is 11.3 Å². The number of para-hydroxylation sites is 1. The molecule has 1 amide bonds. The van der Waals surface area contributed by atoms with Gasteiger partial charge in [0.2, 0.25) is 5.91 Å². The Morgan fingerprint density at radius 3 is 2.83 bits per heavy atom. The highest BCUT2D eigenvalue weighted by Gasteiger charge is 2.26. The van der Waals surface area contributed by atoms with Crippen molar-refractivity contribution in [2.45, 2.75) is 25.3 Å². The van der Waals surface area contributed by atoms with Gasteiger partial charge >= 0.3 is 0 Å². The SMILES string of the molecule is O=C(Cn1cncn1)N1CCC(c2nc3ccccc3s2)CC1. The molecule has 3 aromatic rings. The topological polar surface area (TPSA) is 63.9 Å². The predicted molar refractivity (Wildman–Crippen MR) is 88.2 cm³/mol. The number of nitrogens with zero attached hydrogens (tertiary/aromatic N) is 5. The Labute approximate surface area is 137 Å². The monoisotopic (exact) mass is 327 g/mol. The Kier molecular flexibility index (Phi) is 3.78. The molecule has 0 saturated carbocycles. The second-order valence-electron chi connectivity index (χ2n) is 5.77. The van der Waals surface area contributed by atoms with E-state index in [9.17, 15) is 4.79 Å². The van der Waals surface area contributed by atoms with Gasteiger partial charge in [0, 0.05) is 19.0 Å². The lowest BCUT2D eigenvalue weighted by atomic mass is 9.97. The molecular formula is C16H17N5OS. The van der Waals surface area contributed by atoms with Gasteiger partial charge in [-0.3, -0.25) is 4.79 Å². The van der Waals surface area contributed by atoms with Crippen LogP contribution in [-0.4, -0.2) is 43.6 Å². The zero-order valence-electron chi connectivity index (χ0n) is 12.6. The number of aromatic nitrogens is 4. The number of hydrogen-bond acceptors (Lipinski definition) is 5. The van der Waals surface area contributed by atoms with Gasteiger partial charge in [-0.15, -0.1) is 11.3 Å². The van der Waals surface area contributed by atoms with Gasteiger partial charge in [-0.05, 0) is 25.0 Å². The fourth-order valence-electron chi connectivity index (χ4n) is 2.99. The molecule has 0 N–H and O–H groups in total. The van der Waals surface area contributed by atoms with Gasteiger partial charge < -0.3 is 4.90 Å². The number of carbonyl (C=O) groups excluding carboxylic acids is 1. The molecule has 0 atom stereocenters. The van der Waals surface area contributed by atoms with Gasteiger partial charge in [-0.2, -0.15) is 5.10 Å². The predicted octanol–water partition coefficient (Wildman–Crippen LogP) is 2.29. The molecule has 0 aliphatic carbocycles. The maximum Gasteiger partial charge on any atom is 0.244 e. The van der Waals surface area contributed by atoms with Crippen LogP contribution in [0.25, 0.3) is 10.2 Å². The number of piperidine rings is 1. The van der Waals surface area contributed by atoms with Crippen molar-refractivity contribution in [3.63, 3.8) is 0 Å². The van der Waals surface area contributed by atoms with Crippen LogP contribution in [0.1, 0.15) is 23.8 Å². The average Bonchev–Trinajstić information content (AvgIpc) is 3.24. The summed E-state index contributed by atoms with van der Waals surface area (Å²) in [6.45, 7) is 1.84. The number of benzene rings is 1. The lowest BCUT2D eigenvalue weighted by Crippen LogP contribution is -2.39. The summed E-state index contributed by atoms with van der Waals surface area (Å²) in [6, 6.07) is 8.26. The average molecular weight is 327 g/mol. The zero-order valence-corrected chi connectivity index (χ0v) is 13.4. The van der Waals surface area contributed by atoms with E-state index in [0.29, 0.717) is 5.92 Å².